The fourth-order valence-electron chi connectivity index (χ4n) is 3.35. The lowest BCUT2D eigenvalue weighted by molar-refractivity contribution is -0.124. The zero-order valence-corrected chi connectivity index (χ0v) is 12.0. The van der Waals surface area contributed by atoms with Crippen molar-refractivity contribution >= 4 is 5.91 Å². The van der Waals surface area contributed by atoms with Crippen LogP contribution in [-0.4, -0.2) is 18.5 Å². The van der Waals surface area contributed by atoms with Crippen LogP contribution in [0.1, 0.15) is 53.9 Å². The second kappa shape index (κ2) is 4.97. The van der Waals surface area contributed by atoms with Gasteiger partial charge in [-0.25, -0.2) is 0 Å². The summed E-state index contributed by atoms with van der Waals surface area (Å²) in [4.78, 5) is 11.6. The van der Waals surface area contributed by atoms with Crippen LogP contribution >= 0.6 is 0 Å². The van der Waals surface area contributed by atoms with Crippen molar-refractivity contribution in [3.8, 4) is 0 Å². The minimum atomic E-state index is 0.0591. The molecule has 3 heteroatoms. The van der Waals surface area contributed by atoms with Gasteiger partial charge in [0.2, 0.25) is 5.91 Å². The maximum Gasteiger partial charge on any atom is 0.222 e. The van der Waals surface area contributed by atoms with E-state index in [9.17, 15) is 4.79 Å². The molecule has 0 aromatic carbocycles. The zero-order chi connectivity index (χ0) is 13.3. The predicted octanol–water partition coefficient (Wildman–Crippen LogP) is 2.30. The van der Waals surface area contributed by atoms with Gasteiger partial charge in [0.25, 0.3) is 0 Å². The van der Waals surface area contributed by atoms with E-state index >= 15 is 0 Å². The van der Waals surface area contributed by atoms with Gasteiger partial charge in [-0.1, -0.05) is 34.6 Å². The summed E-state index contributed by atoms with van der Waals surface area (Å²) in [5.41, 5.74) is 6.57. The maximum atomic E-state index is 11.6. The first kappa shape index (κ1) is 14.5. The third-order valence-electron chi connectivity index (χ3n) is 3.69. The Morgan fingerprint density at radius 2 is 1.94 bits per heavy atom. The van der Waals surface area contributed by atoms with Crippen LogP contribution in [0.4, 0.5) is 0 Å². The lowest BCUT2D eigenvalue weighted by Gasteiger charge is -2.45. The summed E-state index contributed by atoms with van der Waals surface area (Å²) >= 11 is 0. The quantitative estimate of drug-likeness (QED) is 0.795. The average molecular weight is 240 g/mol. The second-order valence-electron chi connectivity index (χ2n) is 7.19. The minimum Gasteiger partial charge on any atom is -0.355 e. The van der Waals surface area contributed by atoms with E-state index in [0.29, 0.717) is 0 Å². The number of amides is 1. The molecule has 1 aliphatic rings. The van der Waals surface area contributed by atoms with E-state index in [4.69, 9.17) is 5.73 Å². The van der Waals surface area contributed by atoms with Gasteiger partial charge in [-0.05, 0) is 30.1 Å². The highest BCUT2D eigenvalue weighted by atomic mass is 16.1. The van der Waals surface area contributed by atoms with Gasteiger partial charge < -0.3 is 11.1 Å². The first-order valence-electron chi connectivity index (χ1n) is 6.67. The molecule has 0 aromatic rings. The Labute approximate surface area is 106 Å². The Morgan fingerprint density at radius 3 is 2.41 bits per heavy atom. The lowest BCUT2D eigenvalue weighted by Crippen LogP contribution is -2.48. The molecule has 1 fully saturated rings. The molecule has 0 aromatic heterocycles. The van der Waals surface area contributed by atoms with Gasteiger partial charge in [0.05, 0.1) is 0 Å². The summed E-state index contributed by atoms with van der Waals surface area (Å²) in [6.07, 6.45) is 3.22. The highest BCUT2D eigenvalue weighted by molar-refractivity contribution is 5.77. The third-order valence-corrected chi connectivity index (χ3v) is 3.69. The number of nitrogens with two attached hydrogens (primary N) is 1. The zero-order valence-electron chi connectivity index (χ0n) is 12.0. The molecule has 1 aliphatic carbocycles. The molecular formula is C14H28N2O. The first-order valence-corrected chi connectivity index (χ1v) is 6.67. The van der Waals surface area contributed by atoms with Crippen molar-refractivity contribution in [1.82, 2.24) is 5.32 Å². The molecule has 2 atom stereocenters. The van der Waals surface area contributed by atoms with Crippen molar-refractivity contribution in [2.75, 3.05) is 6.54 Å². The molecule has 3 N–H and O–H groups in total. The summed E-state index contributed by atoms with van der Waals surface area (Å²) in [5.74, 6) is 0.201. The SMILES string of the molecule is CC(C)C(=O)NCC1(C)CC(N)CC(C)(C)C1. The largest absolute Gasteiger partial charge is 0.355 e. The molecule has 0 heterocycles. The molecular weight excluding hydrogens is 212 g/mol. The molecule has 100 valence electrons. The van der Waals surface area contributed by atoms with E-state index in [-0.39, 0.29) is 28.7 Å². The van der Waals surface area contributed by atoms with E-state index in [1.807, 2.05) is 13.8 Å². The average Bonchev–Trinajstić information content (AvgIpc) is 2.09. The van der Waals surface area contributed by atoms with Crippen molar-refractivity contribution < 1.29 is 4.79 Å². The van der Waals surface area contributed by atoms with Gasteiger partial charge in [0, 0.05) is 18.5 Å². The van der Waals surface area contributed by atoms with Crippen molar-refractivity contribution in [3.63, 3.8) is 0 Å². The van der Waals surface area contributed by atoms with Crippen molar-refractivity contribution in [1.29, 1.82) is 0 Å². The number of carbonyl (C=O) groups is 1. The molecule has 17 heavy (non-hydrogen) atoms. The van der Waals surface area contributed by atoms with Crippen LogP contribution in [0.25, 0.3) is 0 Å². The monoisotopic (exact) mass is 240 g/mol. The second-order valence-corrected chi connectivity index (χ2v) is 7.19. The standard InChI is InChI=1S/C14H28N2O/c1-10(2)12(17)16-9-14(5)7-11(15)6-13(3,4)8-14/h10-11H,6-9,15H2,1-5H3,(H,16,17). The number of carbonyl (C=O) groups excluding carboxylic acids is 1. The highest BCUT2D eigenvalue weighted by Crippen LogP contribution is 2.45. The van der Waals surface area contributed by atoms with Crippen LogP contribution in [0.15, 0.2) is 0 Å². The van der Waals surface area contributed by atoms with Crippen LogP contribution in [0.5, 0.6) is 0 Å². The summed E-state index contributed by atoms with van der Waals surface area (Å²) in [7, 11) is 0. The van der Waals surface area contributed by atoms with Crippen molar-refractivity contribution in [2.24, 2.45) is 22.5 Å². The molecule has 1 amide bonds. The smallest absolute Gasteiger partial charge is 0.222 e. The third kappa shape index (κ3) is 4.30. The maximum absolute atomic E-state index is 11.6. The molecule has 0 aliphatic heterocycles. The molecule has 0 spiro atoms. The molecule has 1 saturated carbocycles. The number of nitrogens with one attached hydrogen (secondary N) is 1. The van der Waals surface area contributed by atoms with Crippen molar-refractivity contribution in [2.45, 2.75) is 59.9 Å². The Hall–Kier alpha value is -0.570. The Balaban J connectivity index is 2.58. The predicted molar refractivity (Wildman–Crippen MR) is 71.6 cm³/mol. The van der Waals surface area contributed by atoms with Crippen LogP contribution in [0.2, 0.25) is 0 Å². The van der Waals surface area contributed by atoms with Gasteiger partial charge >= 0.3 is 0 Å². The summed E-state index contributed by atoms with van der Waals surface area (Å²) in [6.45, 7) is 11.4. The normalized spacial score (nSPS) is 32.5. The molecule has 2 unspecified atom stereocenters. The molecule has 3 nitrogen and oxygen atoms in total. The van der Waals surface area contributed by atoms with E-state index in [0.717, 1.165) is 25.8 Å². The fraction of sp³-hybridized carbons (Fsp3) is 0.929. The Bertz CT molecular complexity index is 286. The number of hydrogen-bond acceptors (Lipinski definition) is 2. The summed E-state index contributed by atoms with van der Waals surface area (Å²) in [6, 6.07) is 0.264. The fourth-order valence-corrected chi connectivity index (χ4v) is 3.35. The molecule has 0 saturated heterocycles. The summed E-state index contributed by atoms with van der Waals surface area (Å²) < 4.78 is 0. The lowest BCUT2D eigenvalue weighted by atomic mass is 9.63. The minimum absolute atomic E-state index is 0.0591. The van der Waals surface area contributed by atoms with E-state index < -0.39 is 0 Å². The summed E-state index contributed by atoms with van der Waals surface area (Å²) in [5, 5.41) is 3.06. The van der Waals surface area contributed by atoms with Crippen molar-refractivity contribution in [3.05, 3.63) is 0 Å². The van der Waals surface area contributed by atoms with Gasteiger partial charge in [-0.2, -0.15) is 0 Å². The van der Waals surface area contributed by atoms with Crippen LogP contribution < -0.4 is 11.1 Å². The van der Waals surface area contributed by atoms with E-state index in [1.54, 1.807) is 0 Å². The molecule has 1 rings (SSSR count). The number of hydrogen-bond donors (Lipinski definition) is 2. The van der Waals surface area contributed by atoms with Crippen LogP contribution in [-0.2, 0) is 4.79 Å². The molecule has 0 bridgehead atoms. The van der Waals surface area contributed by atoms with Crippen LogP contribution in [0, 0.1) is 16.7 Å². The topological polar surface area (TPSA) is 55.1 Å². The van der Waals surface area contributed by atoms with Gasteiger partial charge in [0.15, 0.2) is 0 Å². The van der Waals surface area contributed by atoms with Gasteiger partial charge in [0.1, 0.15) is 0 Å². The van der Waals surface area contributed by atoms with Gasteiger partial charge in [-0.15, -0.1) is 0 Å². The number of rotatable bonds is 3. The highest BCUT2D eigenvalue weighted by Gasteiger charge is 2.40. The van der Waals surface area contributed by atoms with Gasteiger partial charge in [-0.3, -0.25) is 4.79 Å². The Kier molecular flexibility index (Phi) is 4.23. The Morgan fingerprint density at radius 1 is 1.35 bits per heavy atom. The van der Waals surface area contributed by atoms with E-state index in [1.165, 1.54) is 0 Å². The first-order chi connectivity index (χ1) is 7.64. The van der Waals surface area contributed by atoms with Crippen LogP contribution in [0.3, 0.4) is 0 Å². The van der Waals surface area contributed by atoms with E-state index in [2.05, 4.69) is 26.1 Å². The molecule has 0 radical (unpaired) electrons.